The van der Waals surface area contributed by atoms with Crippen LogP contribution in [-0.4, -0.2) is 16.2 Å². The largest absolute Gasteiger partial charge is 0.356 e. The van der Waals surface area contributed by atoms with E-state index in [-0.39, 0.29) is 5.91 Å². The molecular formula is C18H15N3O3S. The van der Waals surface area contributed by atoms with Gasteiger partial charge in [-0.2, -0.15) is 11.8 Å². The van der Waals surface area contributed by atoms with Crippen molar-refractivity contribution in [3.63, 3.8) is 0 Å². The number of amides is 1. The summed E-state index contributed by atoms with van der Waals surface area (Å²) in [4.78, 5) is 12.9. The summed E-state index contributed by atoms with van der Waals surface area (Å²) in [5.74, 6) is 2.71. The quantitative estimate of drug-likeness (QED) is 0.769. The number of nitrogens with zero attached hydrogens (tertiary/aromatic N) is 2. The lowest BCUT2D eigenvalue weighted by Crippen LogP contribution is -2.28. The third kappa shape index (κ3) is 2.38. The van der Waals surface area contributed by atoms with Crippen molar-refractivity contribution in [2.24, 2.45) is 0 Å². The van der Waals surface area contributed by atoms with Gasteiger partial charge in [0.15, 0.2) is 5.76 Å². The maximum atomic E-state index is 12.9. The fourth-order valence-electron chi connectivity index (χ4n) is 3.14. The SMILES string of the molecule is O=C(Nc1onc2c1CSC2)C1(c2cc(-c3ccccc3)on2)CC1. The van der Waals surface area contributed by atoms with Gasteiger partial charge < -0.3 is 9.05 Å². The van der Waals surface area contributed by atoms with Gasteiger partial charge in [0.1, 0.15) is 0 Å². The van der Waals surface area contributed by atoms with Crippen molar-refractivity contribution in [3.05, 3.63) is 53.3 Å². The van der Waals surface area contributed by atoms with Crippen LogP contribution in [0.5, 0.6) is 0 Å². The molecule has 1 amide bonds. The monoisotopic (exact) mass is 353 g/mol. The van der Waals surface area contributed by atoms with Crippen molar-refractivity contribution >= 4 is 23.6 Å². The molecule has 1 N–H and O–H groups in total. The van der Waals surface area contributed by atoms with Crippen LogP contribution in [-0.2, 0) is 21.7 Å². The van der Waals surface area contributed by atoms with Gasteiger partial charge >= 0.3 is 0 Å². The zero-order valence-electron chi connectivity index (χ0n) is 13.3. The second-order valence-electron chi connectivity index (χ2n) is 6.41. The van der Waals surface area contributed by atoms with E-state index < -0.39 is 5.41 Å². The third-order valence-electron chi connectivity index (χ3n) is 4.83. The molecule has 3 aromatic rings. The van der Waals surface area contributed by atoms with Crippen molar-refractivity contribution in [2.75, 3.05) is 5.32 Å². The molecule has 2 aromatic heterocycles. The van der Waals surface area contributed by atoms with Crippen LogP contribution in [0.25, 0.3) is 11.3 Å². The first kappa shape index (κ1) is 14.8. The highest BCUT2D eigenvalue weighted by atomic mass is 32.2. The highest BCUT2D eigenvalue weighted by Gasteiger charge is 2.54. The van der Waals surface area contributed by atoms with Gasteiger partial charge in [-0.1, -0.05) is 40.6 Å². The molecule has 3 heterocycles. The minimum atomic E-state index is -0.623. The van der Waals surface area contributed by atoms with Crippen molar-refractivity contribution in [2.45, 2.75) is 29.8 Å². The highest BCUT2D eigenvalue weighted by molar-refractivity contribution is 7.98. The van der Waals surface area contributed by atoms with Crippen LogP contribution in [0, 0.1) is 0 Å². The maximum absolute atomic E-state index is 12.9. The van der Waals surface area contributed by atoms with Gasteiger partial charge in [0, 0.05) is 23.1 Å². The van der Waals surface area contributed by atoms with Gasteiger partial charge in [0.2, 0.25) is 11.8 Å². The van der Waals surface area contributed by atoms with E-state index in [2.05, 4.69) is 15.6 Å². The fourth-order valence-corrected chi connectivity index (χ4v) is 4.16. The number of fused-ring (bicyclic) bond motifs is 1. The average molecular weight is 353 g/mol. The Hall–Kier alpha value is -2.54. The Bertz CT molecular complexity index is 944. The zero-order chi connectivity index (χ0) is 16.9. The topological polar surface area (TPSA) is 81.2 Å². The first-order chi connectivity index (χ1) is 12.3. The lowest BCUT2D eigenvalue weighted by Gasteiger charge is -2.10. The predicted molar refractivity (Wildman–Crippen MR) is 93.0 cm³/mol. The Morgan fingerprint density at radius 3 is 2.76 bits per heavy atom. The van der Waals surface area contributed by atoms with Gasteiger partial charge in [0.25, 0.3) is 0 Å². The van der Waals surface area contributed by atoms with Crippen LogP contribution in [0.1, 0.15) is 29.8 Å². The molecule has 0 unspecified atom stereocenters. The van der Waals surface area contributed by atoms with Gasteiger partial charge in [-0.3, -0.25) is 10.1 Å². The summed E-state index contributed by atoms with van der Waals surface area (Å²) < 4.78 is 10.8. The molecule has 25 heavy (non-hydrogen) atoms. The summed E-state index contributed by atoms with van der Waals surface area (Å²) >= 11 is 1.77. The number of carbonyl (C=O) groups is 1. The number of benzene rings is 1. The van der Waals surface area contributed by atoms with E-state index in [1.54, 1.807) is 11.8 Å². The van der Waals surface area contributed by atoms with E-state index >= 15 is 0 Å². The minimum Gasteiger partial charge on any atom is -0.356 e. The molecule has 0 saturated heterocycles. The van der Waals surface area contributed by atoms with Crippen molar-refractivity contribution < 1.29 is 13.8 Å². The van der Waals surface area contributed by atoms with Gasteiger partial charge in [0.05, 0.1) is 22.4 Å². The minimum absolute atomic E-state index is 0.101. The molecular weight excluding hydrogens is 338 g/mol. The van der Waals surface area contributed by atoms with E-state index in [1.165, 1.54) is 0 Å². The molecule has 5 rings (SSSR count). The summed E-state index contributed by atoms with van der Waals surface area (Å²) in [6.07, 6.45) is 1.51. The molecule has 2 aliphatic rings. The smallest absolute Gasteiger partial charge is 0.239 e. The maximum Gasteiger partial charge on any atom is 0.239 e. The van der Waals surface area contributed by atoms with Crippen LogP contribution in [0.4, 0.5) is 5.88 Å². The first-order valence-electron chi connectivity index (χ1n) is 8.15. The summed E-state index contributed by atoms with van der Waals surface area (Å²) in [6.45, 7) is 0. The second kappa shape index (κ2) is 5.49. The number of aromatic nitrogens is 2. The number of thioether (sulfide) groups is 1. The van der Waals surface area contributed by atoms with Crippen LogP contribution in [0.2, 0.25) is 0 Å². The number of hydrogen-bond acceptors (Lipinski definition) is 6. The zero-order valence-corrected chi connectivity index (χ0v) is 14.1. The summed E-state index contributed by atoms with van der Waals surface area (Å²) in [7, 11) is 0. The summed E-state index contributed by atoms with van der Waals surface area (Å²) in [5, 5.41) is 11.1. The molecule has 0 radical (unpaired) electrons. The van der Waals surface area contributed by atoms with Gasteiger partial charge in [-0.05, 0) is 12.8 Å². The molecule has 0 spiro atoms. The number of carbonyl (C=O) groups excluding carboxylic acids is 1. The number of nitrogens with one attached hydrogen (secondary N) is 1. The Morgan fingerprint density at radius 2 is 1.96 bits per heavy atom. The van der Waals surface area contributed by atoms with Gasteiger partial charge in [-0.15, -0.1) is 0 Å². The second-order valence-corrected chi connectivity index (χ2v) is 7.39. The molecule has 1 aromatic carbocycles. The number of anilines is 1. The van der Waals surface area contributed by atoms with Crippen LogP contribution >= 0.6 is 11.8 Å². The van der Waals surface area contributed by atoms with Crippen molar-refractivity contribution in [1.29, 1.82) is 0 Å². The third-order valence-corrected chi connectivity index (χ3v) is 5.80. The van der Waals surface area contributed by atoms with Crippen LogP contribution < -0.4 is 5.32 Å². The summed E-state index contributed by atoms with van der Waals surface area (Å²) in [5.41, 5.74) is 2.93. The van der Waals surface area contributed by atoms with E-state index in [0.29, 0.717) is 17.3 Å². The predicted octanol–water partition coefficient (Wildman–Crippen LogP) is 3.75. The van der Waals surface area contributed by atoms with E-state index in [9.17, 15) is 4.79 Å². The summed E-state index contributed by atoms with van der Waals surface area (Å²) in [6, 6.07) is 11.6. The normalized spacial score (nSPS) is 17.3. The average Bonchev–Trinajstić information content (AvgIpc) is 3.02. The van der Waals surface area contributed by atoms with Crippen LogP contribution in [0.15, 0.2) is 45.4 Å². The highest BCUT2D eigenvalue weighted by Crippen LogP contribution is 2.49. The molecule has 1 saturated carbocycles. The lowest BCUT2D eigenvalue weighted by atomic mass is 10.0. The van der Waals surface area contributed by atoms with E-state index in [4.69, 9.17) is 9.05 Å². The van der Waals surface area contributed by atoms with Gasteiger partial charge in [-0.25, -0.2) is 0 Å². The molecule has 7 heteroatoms. The van der Waals surface area contributed by atoms with Crippen molar-refractivity contribution in [3.8, 4) is 11.3 Å². The molecule has 0 atom stereocenters. The molecule has 1 aliphatic heterocycles. The number of rotatable bonds is 4. The Labute approximate surface area is 147 Å². The van der Waals surface area contributed by atoms with Crippen molar-refractivity contribution in [1.82, 2.24) is 10.3 Å². The molecule has 1 fully saturated rings. The van der Waals surface area contributed by atoms with Crippen LogP contribution in [0.3, 0.4) is 0 Å². The Morgan fingerprint density at radius 1 is 1.12 bits per heavy atom. The Kier molecular flexibility index (Phi) is 3.24. The molecule has 1 aliphatic carbocycles. The molecule has 0 bridgehead atoms. The molecule has 6 nitrogen and oxygen atoms in total. The standard InChI is InChI=1S/C18H15N3O3S/c22-17(19-16-12-9-25-10-13(12)20-24-16)18(6-7-18)15-8-14(23-21-15)11-4-2-1-3-5-11/h1-5,8H,6-7,9-10H2,(H,19,22). The molecule has 126 valence electrons. The fraction of sp³-hybridized carbons (Fsp3) is 0.278. The lowest BCUT2D eigenvalue weighted by molar-refractivity contribution is -0.118. The Balaban J connectivity index is 1.40. The first-order valence-corrected chi connectivity index (χ1v) is 9.31. The van der Waals surface area contributed by atoms with E-state index in [0.717, 1.165) is 41.2 Å². The van der Waals surface area contributed by atoms with E-state index in [1.807, 2.05) is 36.4 Å². The number of hydrogen-bond donors (Lipinski definition) is 1.